The van der Waals surface area contributed by atoms with E-state index in [9.17, 15) is 0 Å². The molecule has 0 aliphatic carbocycles. The van der Waals surface area contributed by atoms with E-state index in [4.69, 9.17) is 19.1 Å². The van der Waals surface area contributed by atoms with Crippen molar-refractivity contribution in [1.82, 2.24) is 4.90 Å². The van der Waals surface area contributed by atoms with Crippen molar-refractivity contribution in [1.29, 1.82) is 0 Å². The summed E-state index contributed by atoms with van der Waals surface area (Å²) in [5.74, 6) is 0. The molecular weight excluding hydrogens is 250 g/mol. The summed E-state index contributed by atoms with van der Waals surface area (Å²) in [7, 11) is -1.78. The molecule has 1 unspecified atom stereocenters. The molecule has 0 saturated heterocycles. The predicted molar refractivity (Wildman–Crippen MR) is 74.8 cm³/mol. The minimum absolute atomic E-state index is 0.0968. The van der Waals surface area contributed by atoms with Gasteiger partial charge in [-0.25, -0.2) is 0 Å². The molecule has 2 N–H and O–H groups in total. The van der Waals surface area contributed by atoms with Crippen LogP contribution in [0.1, 0.15) is 33.6 Å². The van der Waals surface area contributed by atoms with Crippen molar-refractivity contribution in [3.63, 3.8) is 0 Å². The molecule has 0 aromatic carbocycles. The highest BCUT2D eigenvalue weighted by atomic mass is 28.3. The van der Waals surface area contributed by atoms with Crippen LogP contribution in [0, 0.1) is 0 Å². The highest BCUT2D eigenvalue weighted by Gasteiger charge is 2.30. The molecule has 0 amide bonds. The number of hydrogen-bond donors (Lipinski definition) is 2. The van der Waals surface area contributed by atoms with Crippen molar-refractivity contribution in [3.8, 4) is 0 Å². The maximum Gasteiger partial charge on any atom is 0.339 e. The Morgan fingerprint density at radius 1 is 1.00 bits per heavy atom. The second-order valence-corrected chi connectivity index (χ2v) is 6.29. The molecule has 1 atom stereocenters. The van der Waals surface area contributed by atoms with E-state index in [-0.39, 0.29) is 18.9 Å². The number of hydrogen-bond acceptors (Lipinski definition) is 5. The van der Waals surface area contributed by atoms with Crippen LogP contribution in [0.4, 0.5) is 0 Å². The van der Waals surface area contributed by atoms with Crippen LogP contribution in [0.3, 0.4) is 0 Å². The van der Waals surface area contributed by atoms with Gasteiger partial charge in [0.25, 0.3) is 0 Å². The third-order valence-corrected chi connectivity index (χ3v) is 5.51. The third kappa shape index (κ3) is 6.82. The lowest BCUT2D eigenvalue weighted by molar-refractivity contribution is 0.110. The topological polar surface area (TPSA) is 62.2 Å². The Morgan fingerprint density at radius 3 is 1.83 bits per heavy atom. The van der Waals surface area contributed by atoms with Gasteiger partial charge in [0.1, 0.15) is 0 Å². The molecule has 5 nitrogen and oxygen atoms in total. The fraction of sp³-hybridized carbons (Fsp3) is 1.00. The highest BCUT2D eigenvalue weighted by molar-refractivity contribution is 6.46. The first-order valence-corrected chi connectivity index (χ1v) is 8.54. The Morgan fingerprint density at radius 2 is 1.50 bits per heavy atom. The average molecular weight is 279 g/mol. The molecule has 0 fully saturated rings. The molecule has 18 heavy (non-hydrogen) atoms. The van der Waals surface area contributed by atoms with Crippen molar-refractivity contribution in [2.24, 2.45) is 0 Å². The van der Waals surface area contributed by atoms with Crippen molar-refractivity contribution in [3.05, 3.63) is 0 Å². The highest BCUT2D eigenvalue weighted by Crippen LogP contribution is 2.13. The molecule has 6 heteroatoms. The SMILES string of the molecule is CCCC(N(CCO)CCO)[SiH](OCC)OCC. The van der Waals surface area contributed by atoms with Gasteiger partial charge in [0.2, 0.25) is 0 Å². The molecule has 0 aliphatic heterocycles. The van der Waals surface area contributed by atoms with E-state index < -0.39 is 9.28 Å². The van der Waals surface area contributed by atoms with Gasteiger partial charge in [-0.1, -0.05) is 13.3 Å². The summed E-state index contributed by atoms with van der Waals surface area (Å²) >= 11 is 0. The summed E-state index contributed by atoms with van der Waals surface area (Å²) < 4.78 is 11.6. The molecular formula is C12H29NO4Si. The van der Waals surface area contributed by atoms with Crippen LogP contribution in [-0.2, 0) is 8.85 Å². The summed E-state index contributed by atoms with van der Waals surface area (Å²) in [5.41, 5.74) is 0.217. The molecule has 0 aliphatic rings. The van der Waals surface area contributed by atoms with E-state index in [1.807, 2.05) is 13.8 Å². The normalized spacial score (nSPS) is 13.5. The zero-order valence-electron chi connectivity index (χ0n) is 12.0. The second-order valence-electron chi connectivity index (χ2n) is 4.12. The fourth-order valence-corrected chi connectivity index (χ4v) is 4.53. The standard InChI is InChI=1S/C12H29NO4Si/c1-4-7-12(13(8-10-14)9-11-15)18(16-5-2)17-6-3/h12,14-15,18H,4-11H2,1-3H3. The van der Waals surface area contributed by atoms with Gasteiger partial charge in [-0.2, -0.15) is 0 Å². The first-order chi connectivity index (χ1) is 8.74. The van der Waals surface area contributed by atoms with Gasteiger partial charge in [-0.3, -0.25) is 4.90 Å². The summed E-state index contributed by atoms with van der Waals surface area (Å²) in [6.45, 7) is 8.72. The molecule has 0 saturated carbocycles. The monoisotopic (exact) mass is 279 g/mol. The summed E-state index contributed by atoms with van der Waals surface area (Å²) in [5, 5.41) is 18.3. The molecule has 0 rings (SSSR count). The lowest BCUT2D eigenvalue weighted by Gasteiger charge is -2.34. The molecule has 0 heterocycles. The number of rotatable bonds is 12. The maximum absolute atomic E-state index is 9.13. The molecule has 110 valence electrons. The maximum atomic E-state index is 9.13. The number of aliphatic hydroxyl groups is 2. The zero-order valence-corrected chi connectivity index (χ0v) is 13.1. The van der Waals surface area contributed by atoms with Gasteiger partial charge < -0.3 is 19.1 Å². The first kappa shape index (κ1) is 18.0. The van der Waals surface area contributed by atoms with Crippen molar-refractivity contribution in [2.45, 2.75) is 39.3 Å². The van der Waals surface area contributed by atoms with Crippen molar-refractivity contribution >= 4 is 9.28 Å². The van der Waals surface area contributed by atoms with Crippen LogP contribution in [0.25, 0.3) is 0 Å². The summed E-state index contributed by atoms with van der Waals surface area (Å²) in [6, 6.07) is 0. The van der Waals surface area contributed by atoms with Crippen LogP contribution < -0.4 is 0 Å². The minimum Gasteiger partial charge on any atom is -0.396 e. The average Bonchev–Trinajstić information content (AvgIpc) is 2.36. The van der Waals surface area contributed by atoms with Gasteiger partial charge in [0.15, 0.2) is 0 Å². The van der Waals surface area contributed by atoms with Gasteiger partial charge in [0.05, 0.1) is 18.9 Å². The Hall–Kier alpha value is 0.0169. The van der Waals surface area contributed by atoms with Crippen molar-refractivity contribution < 1.29 is 19.1 Å². The Balaban J connectivity index is 4.69. The predicted octanol–water partition coefficient (Wildman–Crippen LogP) is 0.274. The Kier molecular flexibility index (Phi) is 12.1. The van der Waals surface area contributed by atoms with E-state index in [1.54, 1.807) is 0 Å². The first-order valence-electron chi connectivity index (χ1n) is 6.93. The van der Waals surface area contributed by atoms with Gasteiger partial charge in [-0.15, -0.1) is 0 Å². The Bertz CT molecular complexity index is 157. The third-order valence-electron chi connectivity index (χ3n) is 2.80. The second kappa shape index (κ2) is 12.1. The molecule has 0 spiro atoms. The lowest BCUT2D eigenvalue weighted by Crippen LogP contribution is -2.51. The van der Waals surface area contributed by atoms with Crippen LogP contribution >= 0.6 is 0 Å². The van der Waals surface area contributed by atoms with Crippen LogP contribution in [0.15, 0.2) is 0 Å². The molecule has 0 aromatic rings. The van der Waals surface area contributed by atoms with E-state index in [0.29, 0.717) is 26.3 Å². The summed E-state index contributed by atoms with van der Waals surface area (Å²) in [4.78, 5) is 2.10. The fourth-order valence-electron chi connectivity index (χ4n) is 2.09. The van der Waals surface area contributed by atoms with Gasteiger partial charge in [0, 0.05) is 26.3 Å². The molecule has 0 aromatic heterocycles. The smallest absolute Gasteiger partial charge is 0.339 e. The van der Waals surface area contributed by atoms with Crippen molar-refractivity contribution in [2.75, 3.05) is 39.5 Å². The molecule has 0 bridgehead atoms. The van der Waals surface area contributed by atoms with Gasteiger partial charge >= 0.3 is 9.28 Å². The lowest BCUT2D eigenvalue weighted by atomic mass is 10.3. The summed E-state index contributed by atoms with van der Waals surface area (Å²) in [6.07, 6.45) is 2.03. The number of nitrogens with zero attached hydrogens (tertiary/aromatic N) is 1. The zero-order chi connectivity index (χ0) is 13.8. The molecule has 0 radical (unpaired) electrons. The van der Waals surface area contributed by atoms with Gasteiger partial charge in [-0.05, 0) is 20.3 Å². The van der Waals surface area contributed by atoms with Crippen LogP contribution in [0.5, 0.6) is 0 Å². The van der Waals surface area contributed by atoms with E-state index >= 15 is 0 Å². The van der Waals surface area contributed by atoms with Crippen LogP contribution in [0.2, 0.25) is 0 Å². The van der Waals surface area contributed by atoms with E-state index in [2.05, 4.69) is 11.8 Å². The minimum atomic E-state index is -1.78. The number of aliphatic hydroxyl groups excluding tert-OH is 2. The van der Waals surface area contributed by atoms with E-state index in [1.165, 1.54) is 0 Å². The quantitative estimate of drug-likeness (QED) is 0.502. The van der Waals surface area contributed by atoms with E-state index in [0.717, 1.165) is 12.8 Å². The largest absolute Gasteiger partial charge is 0.396 e. The van der Waals surface area contributed by atoms with Crippen LogP contribution in [-0.4, -0.2) is 69.6 Å². The Labute approximate surface area is 113 Å².